The van der Waals surface area contributed by atoms with Crippen molar-refractivity contribution in [1.29, 1.82) is 0 Å². The van der Waals surface area contributed by atoms with Crippen molar-refractivity contribution < 1.29 is 18.3 Å². The first-order chi connectivity index (χ1) is 8.94. The van der Waals surface area contributed by atoms with Crippen LogP contribution in [0.25, 0.3) is 0 Å². The Morgan fingerprint density at radius 3 is 3.00 bits per heavy atom. The van der Waals surface area contributed by atoms with Crippen molar-refractivity contribution in [2.45, 2.75) is 38.0 Å². The summed E-state index contributed by atoms with van der Waals surface area (Å²) in [5, 5.41) is 6.52. The molecular weight excluding hydrogens is 322 g/mol. The van der Waals surface area contributed by atoms with Crippen LogP contribution in [0, 0.1) is 5.92 Å². The molecule has 106 valence electrons. The van der Waals surface area contributed by atoms with Gasteiger partial charge in [-0.2, -0.15) is 5.10 Å². The fourth-order valence-electron chi connectivity index (χ4n) is 2.51. The van der Waals surface area contributed by atoms with Crippen LogP contribution in [-0.4, -0.2) is 28.7 Å². The topological polar surface area (TPSA) is 55.0 Å². The summed E-state index contributed by atoms with van der Waals surface area (Å²) in [4.78, 5) is 11.9. The van der Waals surface area contributed by atoms with Gasteiger partial charge in [-0.25, -0.2) is 8.78 Å². The lowest BCUT2D eigenvalue weighted by Gasteiger charge is -2.34. The number of alkyl halides is 2. The Balaban J connectivity index is 2.27. The highest BCUT2D eigenvalue weighted by atomic mass is 79.9. The molecular formula is C12H15BrF2N2O2. The first-order valence-corrected chi connectivity index (χ1v) is 6.97. The molecule has 0 bridgehead atoms. The predicted molar refractivity (Wildman–Crippen MR) is 67.9 cm³/mol. The zero-order valence-electron chi connectivity index (χ0n) is 10.5. The number of halogens is 3. The number of nitrogens with one attached hydrogen (secondary N) is 1. The molecule has 0 aromatic carbocycles. The van der Waals surface area contributed by atoms with Crippen LogP contribution in [0.15, 0.2) is 10.7 Å². The molecule has 2 unspecified atom stereocenters. The van der Waals surface area contributed by atoms with E-state index in [1.54, 1.807) is 6.92 Å². The summed E-state index contributed by atoms with van der Waals surface area (Å²) in [7, 11) is 0. The molecule has 1 fully saturated rings. The zero-order chi connectivity index (χ0) is 14.0. The van der Waals surface area contributed by atoms with Crippen LogP contribution in [0.3, 0.4) is 0 Å². The number of hydrogen-bond acceptors (Lipinski definition) is 3. The Labute approximate surface area is 118 Å². The van der Waals surface area contributed by atoms with E-state index in [1.165, 1.54) is 6.20 Å². The summed E-state index contributed by atoms with van der Waals surface area (Å²) in [6.07, 6.45) is 0.988. The van der Waals surface area contributed by atoms with Gasteiger partial charge in [-0.15, -0.1) is 0 Å². The van der Waals surface area contributed by atoms with E-state index >= 15 is 0 Å². The molecule has 0 radical (unpaired) electrons. The quantitative estimate of drug-likeness (QED) is 0.862. The van der Waals surface area contributed by atoms with Crippen LogP contribution in [0.4, 0.5) is 8.78 Å². The third-order valence-electron chi connectivity index (χ3n) is 3.41. The average molecular weight is 337 g/mol. The molecule has 0 saturated heterocycles. The summed E-state index contributed by atoms with van der Waals surface area (Å²) in [6.45, 7) is 1.96. The molecule has 2 atom stereocenters. The van der Waals surface area contributed by atoms with Crippen molar-refractivity contribution >= 4 is 21.9 Å². The highest BCUT2D eigenvalue weighted by molar-refractivity contribution is 9.10. The van der Waals surface area contributed by atoms with Crippen LogP contribution in [0.5, 0.6) is 0 Å². The lowest BCUT2D eigenvalue weighted by molar-refractivity contribution is -0.153. The Bertz CT molecular complexity index is 464. The fraction of sp³-hybridized carbons (Fsp3) is 0.667. The second-order valence-electron chi connectivity index (χ2n) is 4.70. The average Bonchev–Trinajstić information content (AvgIpc) is 2.74. The van der Waals surface area contributed by atoms with Crippen LogP contribution in [-0.2, 0) is 9.53 Å². The van der Waals surface area contributed by atoms with E-state index in [4.69, 9.17) is 4.74 Å². The van der Waals surface area contributed by atoms with E-state index in [9.17, 15) is 13.6 Å². The van der Waals surface area contributed by atoms with Crippen molar-refractivity contribution in [3.63, 3.8) is 0 Å². The van der Waals surface area contributed by atoms with E-state index in [0.29, 0.717) is 10.2 Å². The van der Waals surface area contributed by atoms with Gasteiger partial charge in [0.05, 0.1) is 28.9 Å². The summed E-state index contributed by atoms with van der Waals surface area (Å²) >= 11 is 3.26. The van der Waals surface area contributed by atoms with Crippen molar-refractivity contribution in [3.8, 4) is 0 Å². The van der Waals surface area contributed by atoms with Crippen LogP contribution >= 0.6 is 15.9 Å². The molecule has 1 saturated carbocycles. The second-order valence-corrected chi connectivity index (χ2v) is 5.55. The maximum atomic E-state index is 13.6. The Morgan fingerprint density at radius 2 is 2.42 bits per heavy atom. The lowest BCUT2D eigenvalue weighted by Crippen LogP contribution is -2.36. The smallest absolute Gasteiger partial charge is 0.309 e. The highest BCUT2D eigenvalue weighted by Gasteiger charge is 2.46. The number of carbonyl (C=O) groups is 1. The van der Waals surface area contributed by atoms with E-state index in [0.717, 1.165) is 0 Å². The van der Waals surface area contributed by atoms with Crippen LogP contribution in [0.1, 0.15) is 37.8 Å². The minimum absolute atomic E-state index is 0.127. The van der Waals surface area contributed by atoms with Gasteiger partial charge in [0, 0.05) is 18.8 Å². The first kappa shape index (κ1) is 14.4. The normalized spacial score (nSPS) is 26.1. The number of hydrogen-bond donors (Lipinski definition) is 1. The van der Waals surface area contributed by atoms with E-state index in [1.807, 2.05) is 0 Å². The predicted octanol–water partition coefficient (Wildman–Crippen LogP) is 3.25. The second kappa shape index (κ2) is 5.56. The zero-order valence-corrected chi connectivity index (χ0v) is 12.0. The number of carbonyl (C=O) groups excluding carboxylic acids is 1. The van der Waals surface area contributed by atoms with Gasteiger partial charge in [0.2, 0.25) is 5.92 Å². The number of ether oxygens (including phenoxy) is 1. The third kappa shape index (κ3) is 3.13. The molecule has 1 heterocycles. The summed E-state index contributed by atoms with van der Waals surface area (Å²) < 4.78 is 32.8. The number of nitrogens with zero attached hydrogens (tertiary/aromatic N) is 1. The summed E-state index contributed by atoms with van der Waals surface area (Å²) in [5.74, 6) is -4.31. The summed E-state index contributed by atoms with van der Waals surface area (Å²) in [5.41, 5.74) is 0.539. The van der Waals surface area contributed by atoms with Gasteiger partial charge in [0.25, 0.3) is 0 Å². The number of rotatable bonds is 3. The maximum Gasteiger partial charge on any atom is 0.309 e. The van der Waals surface area contributed by atoms with Crippen LogP contribution < -0.4 is 0 Å². The molecule has 0 amide bonds. The molecule has 4 nitrogen and oxygen atoms in total. The molecule has 0 aliphatic heterocycles. The van der Waals surface area contributed by atoms with E-state index < -0.39 is 23.7 Å². The Morgan fingerprint density at radius 1 is 1.68 bits per heavy atom. The number of esters is 1. The number of H-pyrrole nitrogens is 1. The third-order valence-corrected chi connectivity index (χ3v) is 4.04. The standard InChI is InChI=1S/C12H15BrF2N2O2/c1-2-19-11(18)7-3-4-12(14,15)5-8(7)10-9(13)6-16-17-10/h6-8H,2-5H2,1H3,(H,16,17). The van der Waals surface area contributed by atoms with Gasteiger partial charge in [-0.1, -0.05) is 0 Å². The van der Waals surface area contributed by atoms with Gasteiger partial charge in [-0.05, 0) is 29.3 Å². The SMILES string of the molecule is CCOC(=O)C1CCC(F)(F)CC1c1[nH]ncc1Br. The monoisotopic (exact) mass is 336 g/mol. The molecule has 7 heteroatoms. The van der Waals surface area contributed by atoms with E-state index in [-0.39, 0.29) is 25.9 Å². The molecule has 0 spiro atoms. The number of aromatic nitrogens is 2. The Hall–Kier alpha value is -0.980. The summed E-state index contributed by atoms with van der Waals surface area (Å²) in [6, 6.07) is 0. The lowest BCUT2D eigenvalue weighted by atomic mass is 9.75. The molecule has 1 aliphatic rings. The van der Waals surface area contributed by atoms with Gasteiger partial charge < -0.3 is 4.74 Å². The largest absolute Gasteiger partial charge is 0.466 e. The van der Waals surface area contributed by atoms with Gasteiger partial charge in [0.15, 0.2) is 0 Å². The molecule has 1 aromatic heterocycles. The minimum Gasteiger partial charge on any atom is -0.466 e. The van der Waals surface area contributed by atoms with Crippen molar-refractivity contribution in [1.82, 2.24) is 10.2 Å². The van der Waals surface area contributed by atoms with Crippen molar-refractivity contribution in [3.05, 3.63) is 16.4 Å². The Kier molecular flexibility index (Phi) is 4.23. The van der Waals surface area contributed by atoms with Gasteiger partial charge in [-0.3, -0.25) is 9.89 Å². The minimum atomic E-state index is -2.75. The van der Waals surface area contributed by atoms with Crippen molar-refractivity contribution in [2.75, 3.05) is 6.61 Å². The molecule has 19 heavy (non-hydrogen) atoms. The molecule has 1 aliphatic carbocycles. The highest BCUT2D eigenvalue weighted by Crippen LogP contribution is 2.46. The first-order valence-electron chi connectivity index (χ1n) is 6.18. The van der Waals surface area contributed by atoms with E-state index in [2.05, 4.69) is 26.1 Å². The van der Waals surface area contributed by atoms with Crippen molar-refractivity contribution in [2.24, 2.45) is 5.92 Å². The molecule has 2 rings (SSSR count). The van der Waals surface area contributed by atoms with Crippen LogP contribution in [0.2, 0.25) is 0 Å². The molecule has 1 N–H and O–H groups in total. The molecule has 1 aromatic rings. The van der Waals surface area contributed by atoms with Gasteiger partial charge in [0.1, 0.15) is 0 Å². The number of aromatic amines is 1. The fourth-order valence-corrected chi connectivity index (χ4v) is 3.00. The maximum absolute atomic E-state index is 13.6. The van der Waals surface area contributed by atoms with Gasteiger partial charge >= 0.3 is 5.97 Å².